The number of hydrogen-bond donors (Lipinski definition) is 1. The van der Waals surface area contributed by atoms with Crippen LogP contribution in [0.5, 0.6) is 23.0 Å². The SMILES string of the molecule is C1CCOC1.CC(C)(C)[O-].CCc1ccc(CBr)cc1CC.CCc1ccc(CC2N=C(Cl)c3cc(Cl)ccc3N(Cc3ccc(OC)cc3)C2=O)cc1CC.COc1ccc(CN2C(=O)CN=C(Cl)c3cc(Cl)ccc32)cc1.COc1ccc(CN2C(=O)CNC(=O)c3cc(Cl)ccc32)cc1.COc1ccc(Cn2c(=O)oc(=O)c3cc(Cl)ccc32)cc1.O=C1Cc2ccc(Cl)cc2C(=O)O1.[2H]CF.[K+]. The molecule has 1 fully saturated rings. The van der Waals surface area contributed by atoms with Gasteiger partial charge in [-0.05, 0) is 233 Å². The van der Waals surface area contributed by atoms with Crippen LogP contribution in [0.15, 0.2) is 248 Å². The predicted octanol–water partition coefficient (Wildman–Crippen LogP) is 19.6. The van der Waals surface area contributed by atoms with Crippen molar-refractivity contribution in [1.29, 1.82) is 0 Å². The van der Waals surface area contributed by atoms with Gasteiger partial charge in [0.25, 0.3) is 11.8 Å². The minimum atomic E-state index is -1.00. The number of aryl methyl sites for hydroxylation is 4. The minimum absolute atomic E-state index is 0. The molecule has 1 atom stereocenters. The monoisotopic (exact) mass is 2130 g/mol. The number of cyclic esters (lactones) is 2. The number of fused-ring (bicyclic) bond motifs is 5. The molecule has 1 unspecified atom stereocenters. The third-order valence-corrected chi connectivity index (χ3v) is 24.2. The number of hydrogen-bond acceptors (Lipinski definition) is 18. The van der Waals surface area contributed by atoms with E-state index >= 15 is 0 Å². The van der Waals surface area contributed by atoms with Crippen LogP contribution in [0.2, 0.25) is 25.1 Å². The zero-order valence-corrected chi connectivity index (χ0v) is 89.8. The number of methoxy groups -OCH3 is 4. The van der Waals surface area contributed by atoms with Gasteiger partial charge in [0.1, 0.15) is 45.9 Å². The smallest absolute Gasteiger partial charge is 0.850 e. The maximum Gasteiger partial charge on any atom is 1.00 e. The average molecular weight is 2140 g/mol. The zero-order valence-electron chi connectivity index (χ0n) is 80.8. The standard InChI is InChI=1S/C28H28Cl2N2O2.C17H14Cl2N2O2.C17H15ClN2O3.C16H12ClNO4.C11H15Br.C9H5ClO3.C4H8O.C4H9O.CH3F.K/c1-4-20-9-6-19(14-21(20)5-2)15-25-28(33)32(17-18-7-11-23(34-3)12-8-18)26-13-10-22(29)16-24(26)27(30)31-25;1-23-13-5-2-11(3-6-13)10-21-15-7-4-12(18)8-14(15)17(19)20-9-16(21)22;1-23-13-5-2-11(3-6-13)10-20-15-7-4-12(18)8-14(15)17(22)19-9-16(20)21;1-21-12-5-2-10(3-6-12)9-18-14-7-4-11(17)8-13(14)15(19)22-16(18)20;1-3-10-6-5-9(8-12)7-11(10)4-2;10-6-2-1-5-3-8(11)13-9(12)7(5)4-6;1-2-4-5-3-1;1-4(2,3)5;1-2;/h6-14,16,25H,4-5,15,17H2,1-3H3;2-8H,9-10H2,1H3;2-8H,9-10H2,1H3,(H,19,22);2-8H,9H2,1H3;5-7H,3-4,8H2,1-2H3;1-2,4H,3H2;1-4H2;1-3H3;1H3;/q;;;;;;;-1;;+1/i;;;;;;;;1D;. The van der Waals surface area contributed by atoms with Gasteiger partial charge in [0.05, 0.1) is 115 Å². The van der Waals surface area contributed by atoms with Gasteiger partial charge in [0, 0.05) is 61.2 Å². The minimum Gasteiger partial charge on any atom is -0.850 e. The number of carbonyl (C=O) groups is 6. The molecular formula is C107H109BrCl7FKN7O16. The number of aromatic nitrogens is 1. The number of halogens is 9. The van der Waals surface area contributed by atoms with E-state index < -0.39 is 42.1 Å². The molecule has 1 N–H and O–H groups in total. The second-order valence-electron chi connectivity index (χ2n) is 32.5. The van der Waals surface area contributed by atoms with Crippen LogP contribution >= 0.6 is 97.1 Å². The molecule has 5 aliphatic rings. The summed E-state index contributed by atoms with van der Waals surface area (Å²) in [5, 5.41) is 17.0. The number of nitrogens with zero attached hydrogens (tertiary/aromatic N) is 6. The number of esters is 2. The molecule has 23 nitrogen and oxygen atoms in total. The first-order valence-electron chi connectivity index (χ1n) is 45.1. The molecule has 0 bridgehead atoms. The molecule has 140 heavy (non-hydrogen) atoms. The Morgan fingerprint density at radius 2 is 0.879 bits per heavy atom. The Labute approximate surface area is 902 Å². The van der Waals surface area contributed by atoms with Crippen LogP contribution in [0.4, 0.5) is 21.5 Å². The van der Waals surface area contributed by atoms with Gasteiger partial charge in [-0.2, -0.15) is 0 Å². The van der Waals surface area contributed by atoms with E-state index in [2.05, 4.69) is 100 Å². The Morgan fingerprint density at radius 1 is 0.486 bits per heavy atom. The zero-order chi connectivity index (χ0) is 102. The van der Waals surface area contributed by atoms with Crippen LogP contribution in [0, 0.1) is 0 Å². The van der Waals surface area contributed by atoms with Crippen molar-refractivity contribution in [2.45, 2.75) is 143 Å². The molecule has 6 heterocycles. The Morgan fingerprint density at radius 3 is 1.34 bits per heavy atom. The first kappa shape index (κ1) is 114. The number of aliphatic imine (C=N–C) groups is 2. The number of alkyl halides is 2. The van der Waals surface area contributed by atoms with Crippen molar-refractivity contribution in [3.05, 3.63) is 354 Å². The number of carbonyl (C=O) groups excluding carboxylic acids is 6. The van der Waals surface area contributed by atoms with Crippen LogP contribution in [0.25, 0.3) is 10.9 Å². The van der Waals surface area contributed by atoms with Gasteiger partial charge in [-0.1, -0.05) is 237 Å². The molecule has 0 radical (unpaired) electrons. The normalized spacial score (nSPS) is 13.8. The molecule has 1 saturated heterocycles. The number of nitrogens with one attached hydrogen (secondary N) is 1. The van der Waals surface area contributed by atoms with Crippen molar-refractivity contribution < 1.29 is 124 Å². The Hall–Kier alpha value is -10.1. The Kier molecular flexibility index (Phi) is 46.4. The van der Waals surface area contributed by atoms with Crippen LogP contribution in [0.1, 0.15) is 156 Å². The summed E-state index contributed by atoms with van der Waals surface area (Å²) in [6.45, 7) is 17.1. The molecule has 0 saturated carbocycles. The summed E-state index contributed by atoms with van der Waals surface area (Å²) in [6.07, 6.45) is 7.40. The van der Waals surface area contributed by atoms with Crippen molar-refractivity contribution >= 4 is 171 Å². The third-order valence-electron chi connectivity index (χ3n) is 21.8. The molecule has 33 heteroatoms. The second kappa shape index (κ2) is 57.3. The molecule has 17 rings (SSSR count). The first-order chi connectivity index (χ1) is 67.1. The van der Waals surface area contributed by atoms with Crippen LogP contribution < -0.4 is 107 Å². The van der Waals surface area contributed by atoms with Crippen molar-refractivity contribution in [3.8, 4) is 23.0 Å². The number of anilines is 3. The van der Waals surface area contributed by atoms with E-state index in [-0.39, 0.29) is 106 Å². The van der Waals surface area contributed by atoms with Crippen molar-refractivity contribution in [2.75, 3.05) is 76.6 Å². The summed E-state index contributed by atoms with van der Waals surface area (Å²) < 4.78 is 51.7. The fourth-order valence-electron chi connectivity index (χ4n) is 14.8. The number of amides is 4. The number of rotatable bonds is 19. The van der Waals surface area contributed by atoms with E-state index in [1.807, 2.05) is 91.0 Å². The van der Waals surface area contributed by atoms with E-state index in [0.717, 1.165) is 95.0 Å². The number of ether oxygens (including phenoxy) is 6. The summed E-state index contributed by atoms with van der Waals surface area (Å²) in [7, 11) is 5.44. The summed E-state index contributed by atoms with van der Waals surface area (Å²) in [4.78, 5) is 110. The van der Waals surface area contributed by atoms with E-state index in [4.69, 9.17) is 111 Å². The van der Waals surface area contributed by atoms with Crippen LogP contribution in [-0.2, 0) is 98.7 Å². The molecule has 0 aliphatic carbocycles. The molecule has 0 spiro atoms. The van der Waals surface area contributed by atoms with Gasteiger partial charge >= 0.3 is 74.7 Å². The molecule has 12 aromatic rings. The topological polar surface area (TPSA) is 280 Å². The largest absolute Gasteiger partial charge is 1.00 e. The molecule has 11 aromatic carbocycles. The van der Waals surface area contributed by atoms with E-state index in [9.17, 15) is 47.9 Å². The summed E-state index contributed by atoms with van der Waals surface area (Å²) in [5.41, 5.74) is 15.7. The maximum atomic E-state index is 13.9. The van der Waals surface area contributed by atoms with E-state index in [0.29, 0.717) is 112 Å². The number of benzodiazepines with no additional fused rings is 2. The molecule has 5 aliphatic heterocycles. The maximum absolute atomic E-state index is 13.9. The van der Waals surface area contributed by atoms with Gasteiger partial charge < -0.3 is 58.0 Å². The molecule has 732 valence electrons. The summed E-state index contributed by atoms with van der Waals surface area (Å²) >= 11 is 46.2. The number of benzene rings is 11. The van der Waals surface area contributed by atoms with Crippen molar-refractivity contribution in [3.63, 3.8) is 0 Å². The third kappa shape index (κ3) is 34.1. The van der Waals surface area contributed by atoms with Gasteiger partial charge in [-0.3, -0.25) is 42.9 Å². The van der Waals surface area contributed by atoms with Gasteiger partial charge in [0.2, 0.25) is 11.8 Å². The van der Waals surface area contributed by atoms with Gasteiger partial charge in [-0.25, -0.2) is 14.4 Å². The summed E-state index contributed by atoms with van der Waals surface area (Å²) in [6, 6.07) is 67.8. The fourth-order valence-corrected chi connectivity index (χ4v) is 16.5. The average Bonchev–Trinajstić information content (AvgIpc) is 1.68. The van der Waals surface area contributed by atoms with Crippen molar-refractivity contribution in [1.82, 2.24) is 9.88 Å². The molecular weight excluding hydrogens is 2030 g/mol. The van der Waals surface area contributed by atoms with Crippen LogP contribution in [-0.4, -0.2) is 124 Å². The first-order valence-corrected chi connectivity index (χ1v) is 48.2. The van der Waals surface area contributed by atoms with Gasteiger partial charge in [-0.15, -0.1) is 5.60 Å². The molecule has 4 amide bonds. The van der Waals surface area contributed by atoms with E-state index in [1.165, 1.54) is 57.4 Å². The summed E-state index contributed by atoms with van der Waals surface area (Å²) in [5.74, 6) is 0.520. The fraction of sp³-hybridized carbons (Fsp3) is 0.290. The van der Waals surface area contributed by atoms with E-state index in [1.54, 1.807) is 149 Å². The Balaban J connectivity index is 0.000000206. The van der Waals surface area contributed by atoms with Gasteiger partial charge in [0.15, 0.2) is 0 Å². The predicted molar refractivity (Wildman–Crippen MR) is 556 cm³/mol. The second-order valence-corrected chi connectivity index (χ2v) is 36.0. The molecule has 1 aromatic heterocycles. The quantitative estimate of drug-likeness (QED) is 0.0341. The van der Waals surface area contributed by atoms with Crippen molar-refractivity contribution in [2.24, 2.45) is 9.98 Å². The Bertz CT molecular complexity index is 6450. The van der Waals surface area contributed by atoms with Crippen LogP contribution in [0.3, 0.4) is 0 Å².